The summed E-state index contributed by atoms with van der Waals surface area (Å²) in [4.78, 5) is 5.09. The highest BCUT2D eigenvalue weighted by Crippen LogP contribution is 2.50. The van der Waals surface area contributed by atoms with E-state index in [0.717, 1.165) is 26.2 Å². The monoisotopic (exact) mass is 287 g/mol. The van der Waals surface area contributed by atoms with Gasteiger partial charge in [0.05, 0.1) is 17.5 Å². The summed E-state index contributed by atoms with van der Waals surface area (Å²) in [6.07, 6.45) is 1.42. The average molecular weight is 287 g/mol. The number of methoxy groups -OCH3 is 1. The second kappa shape index (κ2) is 4.89. The molecule has 0 aliphatic carbocycles. The number of rotatable bonds is 2. The van der Waals surface area contributed by atoms with Crippen molar-refractivity contribution in [1.29, 1.82) is 0 Å². The minimum atomic E-state index is 0.158. The van der Waals surface area contributed by atoms with Crippen LogP contribution < -0.4 is 15.1 Å². The quantitative estimate of drug-likeness (QED) is 0.901. The van der Waals surface area contributed by atoms with E-state index in [1.54, 1.807) is 7.11 Å². The Morgan fingerprint density at radius 2 is 2.19 bits per heavy atom. The molecule has 0 saturated carbocycles. The Balaban J connectivity index is 1.87. The molecule has 3 atom stereocenters. The van der Waals surface area contributed by atoms with Crippen molar-refractivity contribution in [2.75, 3.05) is 50.1 Å². The fourth-order valence-electron chi connectivity index (χ4n) is 4.28. The third-order valence-corrected chi connectivity index (χ3v) is 5.58. The van der Waals surface area contributed by atoms with Gasteiger partial charge in [-0.2, -0.15) is 0 Å². The molecule has 0 amide bonds. The molecule has 3 heterocycles. The fourth-order valence-corrected chi connectivity index (χ4v) is 4.28. The number of hydrogen-bond donors (Lipinski definition) is 1. The molecule has 21 heavy (non-hydrogen) atoms. The predicted molar refractivity (Wildman–Crippen MR) is 86.5 cm³/mol. The second-order valence-corrected chi connectivity index (χ2v) is 6.64. The Bertz CT molecular complexity index is 559. The van der Waals surface area contributed by atoms with Gasteiger partial charge in [-0.25, -0.2) is 0 Å². The summed E-state index contributed by atoms with van der Waals surface area (Å²) in [5.41, 5.74) is 5.74. The van der Waals surface area contributed by atoms with Crippen LogP contribution in [0, 0.1) is 0 Å². The average Bonchev–Trinajstić information content (AvgIpc) is 2.85. The number of nitrogens with one attached hydrogen (secondary N) is 1. The third kappa shape index (κ3) is 1.89. The number of benzene rings is 1. The van der Waals surface area contributed by atoms with Crippen LogP contribution in [-0.4, -0.2) is 46.4 Å². The number of anilines is 2. The normalized spacial score (nSPS) is 28.3. The third-order valence-electron chi connectivity index (χ3n) is 5.58. The number of fused-ring (bicyclic) bond motifs is 3. The van der Waals surface area contributed by atoms with E-state index < -0.39 is 0 Å². The van der Waals surface area contributed by atoms with E-state index in [0.29, 0.717) is 12.0 Å². The molecule has 0 aromatic heterocycles. The molecule has 1 aromatic carbocycles. The zero-order valence-electron chi connectivity index (χ0n) is 13.2. The first-order valence-corrected chi connectivity index (χ1v) is 8.10. The molecular formula is C17H25N3O. The summed E-state index contributed by atoms with van der Waals surface area (Å²) < 4.78 is 5.56. The molecule has 1 saturated heterocycles. The summed E-state index contributed by atoms with van der Waals surface area (Å²) in [7, 11) is 4.01. The molecule has 114 valence electrons. The van der Waals surface area contributed by atoms with Crippen molar-refractivity contribution >= 4 is 11.4 Å². The van der Waals surface area contributed by atoms with E-state index >= 15 is 0 Å². The van der Waals surface area contributed by atoms with Crippen LogP contribution in [0.1, 0.15) is 36.5 Å². The van der Waals surface area contributed by atoms with Crippen LogP contribution in [0.4, 0.5) is 11.4 Å². The lowest BCUT2D eigenvalue weighted by Crippen LogP contribution is -2.48. The van der Waals surface area contributed by atoms with Gasteiger partial charge < -0.3 is 19.9 Å². The number of hydrogen-bond acceptors (Lipinski definition) is 4. The first kappa shape index (κ1) is 13.4. The minimum absolute atomic E-state index is 0.158. The van der Waals surface area contributed by atoms with Gasteiger partial charge in [0.25, 0.3) is 0 Å². The number of ether oxygens (including phenoxy) is 1. The highest BCUT2D eigenvalue weighted by molar-refractivity contribution is 5.81. The van der Waals surface area contributed by atoms with E-state index in [-0.39, 0.29) is 6.10 Å². The van der Waals surface area contributed by atoms with E-state index in [1.165, 1.54) is 28.9 Å². The van der Waals surface area contributed by atoms with E-state index in [1.807, 2.05) is 0 Å². The molecule has 4 nitrogen and oxygen atoms in total. The zero-order valence-corrected chi connectivity index (χ0v) is 13.2. The first-order chi connectivity index (χ1) is 10.2. The molecule has 1 unspecified atom stereocenters. The number of piperidine rings is 1. The van der Waals surface area contributed by atoms with Crippen LogP contribution in [0.5, 0.6) is 0 Å². The van der Waals surface area contributed by atoms with Gasteiger partial charge in [-0.15, -0.1) is 0 Å². The van der Waals surface area contributed by atoms with Gasteiger partial charge in [0.1, 0.15) is 0 Å². The SMILES string of the molecule is COC(C)c1cc2c3c(c1)N(C)CCN3[C@H]1CCNC[C@@H]21. The molecule has 1 N–H and O–H groups in total. The van der Waals surface area contributed by atoms with Crippen molar-refractivity contribution in [3.8, 4) is 0 Å². The van der Waals surface area contributed by atoms with Gasteiger partial charge in [-0.3, -0.25) is 0 Å². The molecule has 1 fully saturated rings. The number of likely N-dealkylation sites (N-methyl/N-ethyl adjacent to an activating group) is 1. The van der Waals surface area contributed by atoms with Gasteiger partial charge in [0.2, 0.25) is 0 Å². The maximum atomic E-state index is 5.56. The smallest absolute Gasteiger partial charge is 0.0793 e. The van der Waals surface area contributed by atoms with Crippen LogP contribution in [-0.2, 0) is 4.74 Å². The topological polar surface area (TPSA) is 27.7 Å². The Kier molecular flexibility index (Phi) is 3.12. The Morgan fingerprint density at radius 3 is 3.00 bits per heavy atom. The number of nitrogens with zero attached hydrogens (tertiary/aromatic N) is 2. The minimum Gasteiger partial charge on any atom is -0.377 e. The molecular weight excluding hydrogens is 262 g/mol. The Hall–Kier alpha value is -1.26. The molecule has 0 radical (unpaired) electrons. The molecule has 3 aliphatic rings. The van der Waals surface area contributed by atoms with Crippen molar-refractivity contribution < 1.29 is 4.74 Å². The van der Waals surface area contributed by atoms with Crippen LogP contribution in [0.25, 0.3) is 0 Å². The standard InChI is InChI=1S/C17H25N3O/c1-11(21-3)12-8-13-14-10-18-5-4-15(14)20-7-6-19(2)16(9-12)17(13)20/h8-9,11,14-15,18H,4-7,10H2,1-3H3/t11?,14-,15-/m0/s1. The van der Waals surface area contributed by atoms with Crippen LogP contribution >= 0.6 is 0 Å². The summed E-state index contributed by atoms with van der Waals surface area (Å²) in [5, 5.41) is 3.58. The molecule has 4 rings (SSSR count). The lowest BCUT2D eigenvalue weighted by atomic mass is 9.89. The summed E-state index contributed by atoms with van der Waals surface area (Å²) >= 11 is 0. The van der Waals surface area contributed by atoms with Crippen molar-refractivity contribution in [3.05, 3.63) is 23.3 Å². The molecule has 0 bridgehead atoms. The maximum Gasteiger partial charge on any atom is 0.0793 e. The molecule has 0 spiro atoms. The van der Waals surface area contributed by atoms with Crippen LogP contribution in [0.15, 0.2) is 12.1 Å². The van der Waals surface area contributed by atoms with Crippen molar-refractivity contribution in [1.82, 2.24) is 5.32 Å². The summed E-state index contributed by atoms with van der Waals surface area (Å²) in [6.45, 7) is 6.69. The van der Waals surface area contributed by atoms with Gasteiger partial charge in [0.15, 0.2) is 0 Å². The second-order valence-electron chi connectivity index (χ2n) is 6.64. The van der Waals surface area contributed by atoms with E-state index in [4.69, 9.17) is 4.74 Å². The lowest BCUT2D eigenvalue weighted by molar-refractivity contribution is 0.119. The first-order valence-electron chi connectivity index (χ1n) is 8.10. The molecule has 3 aliphatic heterocycles. The summed E-state index contributed by atoms with van der Waals surface area (Å²) in [5.74, 6) is 0.642. The highest BCUT2D eigenvalue weighted by atomic mass is 16.5. The Labute approximate surface area is 127 Å². The lowest BCUT2D eigenvalue weighted by Gasteiger charge is -2.39. The van der Waals surface area contributed by atoms with Gasteiger partial charge in [-0.1, -0.05) is 6.07 Å². The maximum absolute atomic E-state index is 5.56. The van der Waals surface area contributed by atoms with Crippen molar-refractivity contribution in [2.24, 2.45) is 0 Å². The van der Waals surface area contributed by atoms with Gasteiger partial charge >= 0.3 is 0 Å². The van der Waals surface area contributed by atoms with Gasteiger partial charge in [-0.05, 0) is 37.1 Å². The van der Waals surface area contributed by atoms with E-state index in [9.17, 15) is 0 Å². The Morgan fingerprint density at radius 1 is 1.33 bits per heavy atom. The van der Waals surface area contributed by atoms with Crippen molar-refractivity contribution in [2.45, 2.75) is 31.4 Å². The van der Waals surface area contributed by atoms with Crippen LogP contribution in [0.2, 0.25) is 0 Å². The summed E-state index contributed by atoms with van der Waals surface area (Å²) in [6, 6.07) is 5.43. The fraction of sp³-hybridized carbons (Fsp3) is 0.647. The van der Waals surface area contributed by atoms with Crippen LogP contribution in [0.3, 0.4) is 0 Å². The largest absolute Gasteiger partial charge is 0.377 e. The van der Waals surface area contributed by atoms with Crippen molar-refractivity contribution in [3.63, 3.8) is 0 Å². The molecule has 1 aromatic rings. The zero-order chi connectivity index (χ0) is 14.6. The van der Waals surface area contributed by atoms with E-state index in [2.05, 4.69) is 41.2 Å². The molecule has 4 heteroatoms. The predicted octanol–water partition coefficient (Wildman–Crippen LogP) is 2.11. The van der Waals surface area contributed by atoms with Gasteiger partial charge in [0, 0.05) is 45.8 Å². The highest BCUT2D eigenvalue weighted by Gasteiger charge is 2.43.